The zero-order chi connectivity index (χ0) is 18.9. The molecule has 1 heterocycles. The largest absolute Gasteiger partial charge is 0.496 e. The molecule has 1 aromatic carbocycles. The Kier molecular flexibility index (Phi) is 7.75. The Labute approximate surface area is 156 Å². The van der Waals surface area contributed by atoms with Gasteiger partial charge in [-0.2, -0.15) is 0 Å². The molecular formula is C20H31N3O3. The summed E-state index contributed by atoms with van der Waals surface area (Å²) in [6.45, 7) is 7.17. The highest BCUT2D eigenvalue weighted by atomic mass is 16.5. The summed E-state index contributed by atoms with van der Waals surface area (Å²) in [4.78, 5) is 28.7. The smallest absolute Gasteiger partial charge is 0.320 e. The molecule has 144 valence electrons. The average molecular weight is 361 g/mol. The highest BCUT2D eigenvalue weighted by Gasteiger charge is 2.29. The van der Waals surface area contributed by atoms with E-state index < -0.39 is 0 Å². The summed E-state index contributed by atoms with van der Waals surface area (Å²) in [7, 11) is 1.65. The van der Waals surface area contributed by atoms with Crippen molar-refractivity contribution in [3.05, 3.63) is 29.8 Å². The van der Waals surface area contributed by atoms with Gasteiger partial charge in [0.1, 0.15) is 5.75 Å². The fourth-order valence-corrected chi connectivity index (χ4v) is 3.43. The molecule has 1 aromatic rings. The van der Waals surface area contributed by atoms with Gasteiger partial charge in [-0.3, -0.25) is 4.79 Å². The molecule has 1 atom stereocenters. The van der Waals surface area contributed by atoms with Crippen molar-refractivity contribution in [3.8, 4) is 5.75 Å². The van der Waals surface area contributed by atoms with Gasteiger partial charge in [-0.1, -0.05) is 18.2 Å². The number of para-hydroxylation sites is 1. The van der Waals surface area contributed by atoms with Crippen molar-refractivity contribution in [2.45, 2.75) is 33.1 Å². The van der Waals surface area contributed by atoms with Gasteiger partial charge in [-0.15, -0.1) is 0 Å². The van der Waals surface area contributed by atoms with E-state index in [1.807, 2.05) is 47.9 Å². The van der Waals surface area contributed by atoms with Crippen LogP contribution in [-0.4, -0.2) is 61.6 Å². The number of piperidine rings is 1. The minimum absolute atomic E-state index is 0.0388. The number of urea groups is 1. The van der Waals surface area contributed by atoms with Crippen LogP contribution < -0.4 is 10.1 Å². The van der Waals surface area contributed by atoms with Gasteiger partial charge in [0.2, 0.25) is 5.91 Å². The number of methoxy groups -OCH3 is 1. The Morgan fingerprint density at radius 2 is 2.00 bits per heavy atom. The Morgan fingerprint density at radius 1 is 1.27 bits per heavy atom. The molecule has 0 aromatic heterocycles. The minimum atomic E-state index is -0.124. The summed E-state index contributed by atoms with van der Waals surface area (Å²) in [5, 5.41) is 3.02. The van der Waals surface area contributed by atoms with Gasteiger partial charge in [-0.25, -0.2) is 4.79 Å². The highest BCUT2D eigenvalue weighted by Crippen LogP contribution is 2.19. The Morgan fingerprint density at radius 3 is 2.69 bits per heavy atom. The first kappa shape index (κ1) is 20.1. The van der Waals surface area contributed by atoms with E-state index >= 15 is 0 Å². The van der Waals surface area contributed by atoms with Gasteiger partial charge in [0, 0.05) is 32.7 Å². The standard InChI is InChI=1S/C20H31N3O3/c1-4-22(5-2)20(25)23-14-8-10-17(15-23)19(24)21-13-12-16-9-6-7-11-18(16)26-3/h6-7,9,11,17H,4-5,8,10,12-15H2,1-3H3,(H,21,24)/t17-/m0/s1. The minimum Gasteiger partial charge on any atom is -0.496 e. The molecule has 1 fully saturated rings. The van der Waals surface area contributed by atoms with E-state index in [0.717, 1.165) is 37.1 Å². The molecule has 1 aliphatic heterocycles. The molecule has 1 saturated heterocycles. The predicted molar refractivity (Wildman–Crippen MR) is 102 cm³/mol. The number of likely N-dealkylation sites (tertiary alicyclic amines) is 1. The fourth-order valence-electron chi connectivity index (χ4n) is 3.43. The molecular weight excluding hydrogens is 330 g/mol. The second-order valence-corrected chi connectivity index (χ2v) is 6.59. The molecule has 2 rings (SSSR count). The first-order valence-electron chi connectivity index (χ1n) is 9.54. The quantitative estimate of drug-likeness (QED) is 0.812. The van der Waals surface area contributed by atoms with Crippen LogP contribution >= 0.6 is 0 Å². The lowest BCUT2D eigenvalue weighted by molar-refractivity contribution is -0.126. The number of nitrogens with zero attached hydrogens (tertiary/aromatic N) is 2. The number of carbonyl (C=O) groups excluding carboxylic acids is 2. The second kappa shape index (κ2) is 10.0. The Hall–Kier alpha value is -2.24. The first-order valence-corrected chi connectivity index (χ1v) is 9.54. The Balaban J connectivity index is 1.84. The lowest BCUT2D eigenvalue weighted by Crippen LogP contribution is -2.50. The number of ether oxygens (including phenoxy) is 1. The van der Waals surface area contributed by atoms with Crippen LogP contribution in [0.1, 0.15) is 32.3 Å². The van der Waals surface area contributed by atoms with Gasteiger partial charge in [0.25, 0.3) is 0 Å². The molecule has 6 heteroatoms. The fraction of sp³-hybridized carbons (Fsp3) is 0.600. The number of hydrogen-bond acceptors (Lipinski definition) is 3. The summed E-state index contributed by atoms with van der Waals surface area (Å²) in [6, 6.07) is 7.88. The topological polar surface area (TPSA) is 61.9 Å². The number of benzene rings is 1. The van der Waals surface area contributed by atoms with Crippen molar-refractivity contribution in [2.24, 2.45) is 5.92 Å². The van der Waals surface area contributed by atoms with Gasteiger partial charge >= 0.3 is 6.03 Å². The molecule has 6 nitrogen and oxygen atoms in total. The highest BCUT2D eigenvalue weighted by molar-refractivity contribution is 5.80. The van der Waals surface area contributed by atoms with E-state index in [-0.39, 0.29) is 17.9 Å². The van der Waals surface area contributed by atoms with Crippen LogP contribution in [-0.2, 0) is 11.2 Å². The van der Waals surface area contributed by atoms with Gasteiger partial charge in [-0.05, 0) is 44.7 Å². The third kappa shape index (κ3) is 5.13. The van der Waals surface area contributed by atoms with E-state index in [0.29, 0.717) is 26.2 Å². The van der Waals surface area contributed by atoms with Crippen LogP contribution in [0.2, 0.25) is 0 Å². The molecule has 0 unspecified atom stereocenters. The number of carbonyl (C=O) groups is 2. The molecule has 0 saturated carbocycles. The summed E-state index contributed by atoms with van der Waals surface area (Å²) in [5.41, 5.74) is 1.08. The maximum absolute atomic E-state index is 12.5. The molecule has 3 amide bonds. The average Bonchev–Trinajstić information content (AvgIpc) is 2.69. The van der Waals surface area contributed by atoms with Crippen LogP contribution in [0, 0.1) is 5.92 Å². The van der Waals surface area contributed by atoms with E-state index in [9.17, 15) is 9.59 Å². The molecule has 26 heavy (non-hydrogen) atoms. The van der Waals surface area contributed by atoms with Crippen LogP contribution in [0.15, 0.2) is 24.3 Å². The predicted octanol–water partition coefficient (Wildman–Crippen LogP) is 2.53. The lowest BCUT2D eigenvalue weighted by atomic mass is 9.97. The van der Waals surface area contributed by atoms with Crippen molar-refractivity contribution in [1.29, 1.82) is 0 Å². The zero-order valence-corrected chi connectivity index (χ0v) is 16.2. The van der Waals surface area contributed by atoms with E-state index in [2.05, 4.69) is 5.32 Å². The van der Waals surface area contributed by atoms with Crippen LogP contribution in [0.5, 0.6) is 5.75 Å². The van der Waals surface area contributed by atoms with Gasteiger partial charge in [0.15, 0.2) is 0 Å². The molecule has 1 aliphatic rings. The number of amides is 3. The van der Waals surface area contributed by atoms with Crippen LogP contribution in [0.3, 0.4) is 0 Å². The second-order valence-electron chi connectivity index (χ2n) is 6.59. The number of rotatable bonds is 7. The number of nitrogens with one attached hydrogen (secondary N) is 1. The first-order chi connectivity index (χ1) is 12.6. The summed E-state index contributed by atoms with van der Waals surface area (Å²) in [5.74, 6) is 0.758. The van der Waals surface area contributed by atoms with Crippen LogP contribution in [0.25, 0.3) is 0 Å². The molecule has 0 spiro atoms. The van der Waals surface area contributed by atoms with E-state index in [4.69, 9.17) is 4.74 Å². The summed E-state index contributed by atoms with van der Waals surface area (Å²) >= 11 is 0. The summed E-state index contributed by atoms with van der Waals surface area (Å²) in [6.07, 6.45) is 2.44. The summed E-state index contributed by atoms with van der Waals surface area (Å²) < 4.78 is 5.34. The van der Waals surface area contributed by atoms with Gasteiger partial charge in [0.05, 0.1) is 13.0 Å². The van der Waals surface area contributed by atoms with Gasteiger partial charge < -0.3 is 19.9 Å². The zero-order valence-electron chi connectivity index (χ0n) is 16.2. The van der Waals surface area contributed by atoms with Crippen LogP contribution in [0.4, 0.5) is 4.79 Å². The van der Waals surface area contributed by atoms with Crippen molar-refractivity contribution in [2.75, 3.05) is 39.8 Å². The molecule has 1 N–H and O–H groups in total. The third-order valence-corrected chi connectivity index (χ3v) is 4.98. The van der Waals surface area contributed by atoms with Crippen molar-refractivity contribution >= 4 is 11.9 Å². The normalized spacial score (nSPS) is 16.9. The maximum Gasteiger partial charge on any atom is 0.320 e. The van der Waals surface area contributed by atoms with Crippen molar-refractivity contribution in [1.82, 2.24) is 15.1 Å². The lowest BCUT2D eigenvalue weighted by Gasteiger charge is -2.35. The van der Waals surface area contributed by atoms with Crippen molar-refractivity contribution in [3.63, 3.8) is 0 Å². The van der Waals surface area contributed by atoms with E-state index in [1.165, 1.54) is 0 Å². The molecule has 0 radical (unpaired) electrons. The molecule has 0 aliphatic carbocycles. The number of hydrogen-bond donors (Lipinski definition) is 1. The third-order valence-electron chi connectivity index (χ3n) is 4.98. The SMILES string of the molecule is CCN(CC)C(=O)N1CCC[C@H](C(=O)NCCc2ccccc2OC)C1. The molecule has 0 bridgehead atoms. The maximum atomic E-state index is 12.5. The van der Waals surface area contributed by atoms with E-state index in [1.54, 1.807) is 7.11 Å². The monoisotopic (exact) mass is 361 g/mol. The Bertz CT molecular complexity index is 602. The van der Waals surface area contributed by atoms with Crippen molar-refractivity contribution < 1.29 is 14.3 Å².